The van der Waals surface area contributed by atoms with Gasteiger partial charge in [-0.05, 0) is 30.3 Å². The molecular weight excluding hydrogens is 594 g/mol. The van der Waals surface area contributed by atoms with E-state index in [4.69, 9.17) is 20.8 Å². The van der Waals surface area contributed by atoms with Gasteiger partial charge in [-0.15, -0.1) is 11.3 Å². The van der Waals surface area contributed by atoms with Gasteiger partial charge in [0.25, 0.3) is 5.56 Å². The molecular formula is C29H36ClN5O5SSi. The van der Waals surface area contributed by atoms with E-state index in [2.05, 4.69) is 44.9 Å². The smallest absolute Gasteiger partial charge is 0.330 e. The molecule has 224 valence electrons. The predicted molar refractivity (Wildman–Crippen MR) is 168 cm³/mol. The first-order valence-electron chi connectivity index (χ1n) is 13.5. The van der Waals surface area contributed by atoms with Gasteiger partial charge in [0.1, 0.15) is 16.3 Å². The summed E-state index contributed by atoms with van der Waals surface area (Å²) in [6, 6.07) is 9.15. The van der Waals surface area contributed by atoms with Gasteiger partial charge in [-0.3, -0.25) is 13.9 Å². The molecule has 0 amide bonds. The van der Waals surface area contributed by atoms with Gasteiger partial charge in [0, 0.05) is 31.2 Å². The summed E-state index contributed by atoms with van der Waals surface area (Å²) in [5, 5.41) is 23.0. The Bertz CT molecular complexity index is 1760. The molecule has 3 aromatic heterocycles. The highest BCUT2D eigenvalue weighted by Gasteiger charge is 2.38. The Morgan fingerprint density at radius 1 is 1.19 bits per heavy atom. The molecule has 3 heterocycles. The maximum absolute atomic E-state index is 13.5. The van der Waals surface area contributed by atoms with Crippen molar-refractivity contribution in [3.63, 3.8) is 0 Å². The van der Waals surface area contributed by atoms with Crippen molar-refractivity contribution in [3.05, 3.63) is 72.4 Å². The van der Waals surface area contributed by atoms with Gasteiger partial charge in [-0.2, -0.15) is 5.26 Å². The van der Waals surface area contributed by atoms with Gasteiger partial charge in [0.05, 0.1) is 54.1 Å². The minimum Gasteiger partial charge on any atom is -0.414 e. The molecule has 2 unspecified atom stereocenters. The summed E-state index contributed by atoms with van der Waals surface area (Å²) in [4.78, 5) is 30.4. The van der Waals surface area contributed by atoms with Crippen LogP contribution in [0.3, 0.4) is 0 Å². The van der Waals surface area contributed by atoms with Gasteiger partial charge in [0.15, 0.2) is 8.32 Å². The monoisotopic (exact) mass is 629 g/mol. The van der Waals surface area contributed by atoms with Gasteiger partial charge in [-0.1, -0.05) is 44.5 Å². The van der Waals surface area contributed by atoms with Crippen molar-refractivity contribution in [1.29, 1.82) is 5.26 Å². The largest absolute Gasteiger partial charge is 0.414 e. The number of hydrogen-bond donors (Lipinski definition) is 1. The highest BCUT2D eigenvalue weighted by Crippen LogP contribution is 2.37. The first-order valence-corrected chi connectivity index (χ1v) is 17.6. The molecule has 0 radical (unpaired) electrons. The summed E-state index contributed by atoms with van der Waals surface area (Å²) in [5.41, 5.74) is 1.24. The van der Waals surface area contributed by atoms with Gasteiger partial charge in [-0.25, -0.2) is 9.78 Å². The van der Waals surface area contributed by atoms with Gasteiger partial charge < -0.3 is 18.8 Å². The average molecular weight is 630 g/mol. The van der Waals surface area contributed by atoms with E-state index in [-0.39, 0.29) is 24.8 Å². The first-order chi connectivity index (χ1) is 19.6. The number of benzene rings is 1. The Hall–Kier alpha value is -3.05. The van der Waals surface area contributed by atoms with E-state index in [0.717, 1.165) is 4.57 Å². The maximum Gasteiger partial charge on any atom is 0.330 e. The van der Waals surface area contributed by atoms with Crippen LogP contribution in [-0.4, -0.2) is 51.4 Å². The van der Waals surface area contributed by atoms with Crippen LogP contribution in [0.15, 0.2) is 45.4 Å². The number of rotatable bonds is 10. The van der Waals surface area contributed by atoms with E-state index >= 15 is 0 Å². The SMILES string of the molecule is Cn1c(=O)c2c(-c3cccc(C#N)c3)n(CC(CO[Si](C)(C)C(C)(C)C)OCC(O)c3nc(Cl)cs3)cc2n(C)c1=O. The standard InChI is InChI=1S/C29H36ClN5O5SSi/c1-29(2,3)42(6,7)40-15-20(39-16-22(36)26-32-23(30)17-41-26)13-35-14-21-24(27(37)34(5)28(38)33(21)4)25(35)19-10-8-9-18(11-19)12-31/h8-11,14,17,20,22,36H,13,15-16H2,1-7H3. The van der Waals surface area contributed by atoms with Crippen LogP contribution >= 0.6 is 22.9 Å². The van der Waals surface area contributed by atoms with Crippen molar-refractivity contribution in [2.24, 2.45) is 14.1 Å². The lowest BCUT2D eigenvalue weighted by Gasteiger charge is -2.37. The molecule has 0 aliphatic carbocycles. The van der Waals surface area contributed by atoms with Gasteiger partial charge >= 0.3 is 5.69 Å². The lowest BCUT2D eigenvalue weighted by atomic mass is 10.1. The molecule has 0 aliphatic heterocycles. The molecule has 0 fully saturated rings. The molecule has 0 saturated carbocycles. The Kier molecular flexibility index (Phi) is 9.32. The number of halogens is 1. The number of nitrogens with zero attached hydrogens (tertiary/aromatic N) is 5. The summed E-state index contributed by atoms with van der Waals surface area (Å²) in [6.07, 6.45) is 0.234. The summed E-state index contributed by atoms with van der Waals surface area (Å²) in [6.45, 7) is 11.2. The zero-order valence-corrected chi connectivity index (χ0v) is 27.4. The van der Waals surface area contributed by atoms with E-state index in [1.165, 1.54) is 23.0 Å². The summed E-state index contributed by atoms with van der Waals surface area (Å²) >= 11 is 7.21. The van der Waals surface area contributed by atoms with Crippen molar-refractivity contribution in [3.8, 4) is 17.3 Å². The minimum atomic E-state index is -2.17. The van der Waals surface area contributed by atoms with E-state index in [0.29, 0.717) is 37.9 Å². The molecule has 4 aromatic rings. The lowest BCUT2D eigenvalue weighted by Crippen LogP contribution is -2.43. The summed E-state index contributed by atoms with van der Waals surface area (Å²) in [5.74, 6) is 0. The number of ether oxygens (including phenoxy) is 1. The minimum absolute atomic E-state index is 0.0375. The average Bonchev–Trinajstić information content (AvgIpc) is 3.55. The zero-order chi connectivity index (χ0) is 31.0. The second kappa shape index (κ2) is 12.3. The van der Waals surface area contributed by atoms with Crippen molar-refractivity contribution in [1.82, 2.24) is 18.7 Å². The number of thiazole rings is 1. The second-order valence-corrected chi connectivity index (χ2v) is 17.9. The number of fused-ring (bicyclic) bond motifs is 1. The van der Waals surface area contributed by atoms with E-state index in [1.807, 2.05) is 10.6 Å². The number of aryl methyl sites for hydroxylation is 1. The molecule has 0 aliphatic rings. The third-order valence-corrected chi connectivity index (χ3v) is 13.7. The van der Waals surface area contributed by atoms with Crippen LogP contribution in [0.2, 0.25) is 23.3 Å². The topological polar surface area (TPSA) is 124 Å². The normalized spacial score (nSPS) is 13.8. The number of nitriles is 1. The van der Waals surface area contributed by atoms with Crippen molar-refractivity contribution in [2.45, 2.75) is 57.7 Å². The lowest BCUT2D eigenvalue weighted by molar-refractivity contribution is -0.0368. The van der Waals surface area contributed by atoms with E-state index in [1.54, 1.807) is 36.8 Å². The highest BCUT2D eigenvalue weighted by molar-refractivity contribution is 7.10. The fourth-order valence-corrected chi connectivity index (χ4v) is 6.35. The molecule has 42 heavy (non-hydrogen) atoms. The van der Waals surface area contributed by atoms with Gasteiger partial charge in [0.2, 0.25) is 0 Å². The molecule has 2 atom stereocenters. The fraction of sp³-hybridized carbons (Fsp3) is 0.448. The van der Waals surface area contributed by atoms with Crippen molar-refractivity contribution < 1.29 is 14.3 Å². The Morgan fingerprint density at radius 3 is 2.52 bits per heavy atom. The van der Waals surface area contributed by atoms with E-state index in [9.17, 15) is 20.0 Å². The van der Waals surface area contributed by atoms with Crippen LogP contribution in [0.5, 0.6) is 0 Å². The van der Waals surface area contributed by atoms with Crippen LogP contribution in [0.4, 0.5) is 0 Å². The third-order valence-electron chi connectivity index (χ3n) is 7.88. The highest BCUT2D eigenvalue weighted by atomic mass is 35.5. The Balaban J connectivity index is 1.80. The molecule has 1 N–H and O–H groups in total. The Morgan fingerprint density at radius 2 is 1.90 bits per heavy atom. The van der Waals surface area contributed by atoms with Crippen LogP contribution in [0, 0.1) is 11.3 Å². The molecule has 13 heteroatoms. The first kappa shape index (κ1) is 31.9. The Labute approximate surface area is 254 Å². The molecule has 0 bridgehead atoms. The fourth-order valence-electron chi connectivity index (χ4n) is 4.39. The molecule has 1 aromatic carbocycles. The molecule has 0 spiro atoms. The molecule has 0 saturated heterocycles. The van der Waals surface area contributed by atoms with Crippen LogP contribution in [0.1, 0.15) is 37.4 Å². The maximum atomic E-state index is 13.5. The van der Waals surface area contributed by atoms with Crippen molar-refractivity contribution in [2.75, 3.05) is 13.2 Å². The van der Waals surface area contributed by atoms with Crippen LogP contribution in [-0.2, 0) is 29.8 Å². The molecule has 4 rings (SSSR count). The van der Waals surface area contributed by atoms with Crippen molar-refractivity contribution >= 4 is 42.2 Å². The molecule has 10 nitrogen and oxygen atoms in total. The number of aromatic nitrogens is 4. The number of hydrogen-bond acceptors (Lipinski definition) is 8. The van der Waals surface area contributed by atoms with E-state index < -0.39 is 31.8 Å². The number of aliphatic hydroxyl groups is 1. The predicted octanol–water partition coefficient (Wildman–Crippen LogP) is 4.83. The van der Waals surface area contributed by atoms with Crippen LogP contribution < -0.4 is 11.2 Å². The summed E-state index contributed by atoms with van der Waals surface area (Å²) in [7, 11) is 0.895. The second-order valence-electron chi connectivity index (χ2n) is 11.8. The number of aliphatic hydroxyl groups excluding tert-OH is 1. The quantitative estimate of drug-likeness (QED) is 0.249. The van der Waals surface area contributed by atoms with Crippen LogP contribution in [0.25, 0.3) is 22.2 Å². The third kappa shape index (κ3) is 6.46. The summed E-state index contributed by atoms with van der Waals surface area (Å²) < 4.78 is 17.2. The zero-order valence-electron chi connectivity index (χ0n) is 24.8.